The van der Waals surface area contributed by atoms with Crippen molar-refractivity contribution in [1.82, 2.24) is 9.97 Å². The van der Waals surface area contributed by atoms with Crippen molar-refractivity contribution < 1.29 is 4.74 Å². The molecule has 1 N–H and O–H groups in total. The molecule has 3 rings (SSSR count). The smallest absolute Gasteiger partial charge is 0.126 e. The van der Waals surface area contributed by atoms with Crippen molar-refractivity contribution in [3.8, 4) is 17.0 Å². The van der Waals surface area contributed by atoms with Crippen LogP contribution >= 0.6 is 0 Å². The standard InChI is InChI=1S/C16H15N3O/c1-17-16-6-5-11-3-4-12(9-15(11)19-16)14-10-13(20-2)7-8-18-14/h3-10H,1-2H3,(H,17,19). The lowest BCUT2D eigenvalue weighted by Gasteiger charge is -2.06. The first-order valence-corrected chi connectivity index (χ1v) is 6.39. The molecule has 0 unspecified atom stereocenters. The average Bonchev–Trinajstić information content (AvgIpc) is 2.53. The Bertz CT molecular complexity index is 756. The van der Waals surface area contributed by atoms with Crippen LogP contribution in [0.3, 0.4) is 0 Å². The monoisotopic (exact) mass is 265 g/mol. The highest BCUT2D eigenvalue weighted by atomic mass is 16.5. The number of hydrogen-bond acceptors (Lipinski definition) is 4. The third-order valence-corrected chi connectivity index (χ3v) is 3.21. The summed E-state index contributed by atoms with van der Waals surface area (Å²) in [6.07, 6.45) is 1.75. The van der Waals surface area contributed by atoms with Gasteiger partial charge in [0.1, 0.15) is 11.6 Å². The van der Waals surface area contributed by atoms with Gasteiger partial charge in [-0.3, -0.25) is 4.98 Å². The second-order valence-electron chi connectivity index (χ2n) is 4.43. The van der Waals surface area contributed by atoms with E-state index in [4.69, 9.17) is 4.74 Å². The highest BCUT2D eigenvalue weighted by Crippen LogP contribution is 2.25. The van der Waals surface area contributed by atoms with Gasteiger partial charge in [-0.25, -0.2) is 4.98 Å². The van der Waals surface area contributed by atoms with E-state index in [1.807, 2.05) is 37.4 Å². The molecule has 4 heteroatoms. The lowest BCUT2D eigenvalue weighted by molar-refractivity contribution is 0.414. The molecule has 0 amide bonds. The molecule has 2 aromatic heterocycles. The van der Waals surface area contributed by atoms with Crippen LogP contribution in [0.4, 0.5) is 5.82 Å². The summed E-state index contributed by atoms with van der Waals surface area (Å²) in [5, 5.41) is 4.16. The van der Waals surface area contributed by atoms with Crippen molar-refractivity contribution in [2.75, 3.05) is 19.5 Å². The lowest BCUT2D eigenvalue weighted by atomic mass is 10.1. The number of aromatic nitrogens is 2. The summed E-state index contributed by atoms with van der Waals surface area (Å²) in [5.74, 6) is 1.65. The van der Waals surface area contributed by atoms with Crippen molar-refractivity contribution in [1.29, 1.82) is 0 Å². The number of fused-ring (bicyclic) bond motifs is 1. The van der Waals surface area contributed by atoms with Crippen LogP contribution in [0.1, 0.15) is 0 Å². The summed E-state index contributed by atoms with van der Waals surface area (Å²) >= 11 is 0. The molecule has 100 valence electrons. The quantitative estimate of drug-likeness (QED) is 0.789. The van der Waals surface area contributed by atoms with Gasteiger partial charge in [-0.15, -0.1) is 0 Å². The van der Waals surface area contributed by atoms with Crippen molar-refractivity contribution in [3.63, 3.8) is 0 Å². The van der Waals surface area contributed by atoms with Crippen LogP contribution in [0.25, 0.3) is 22.2 Å². The molecule has 4 nitrogen and oxygen atoms in total. The van der Waals surface area contributed by atoms with Gasteiger partial charge in [0.25, 0.3) is 0 Å². The maximum absolute atomic E-state index is 5.23. The van der Waals surface area contributed by atoms with E-state index in [0.717, 1.165) is 33.7 Å². The van der Waals surface area contributed by atoms with Crippen LogP contribution < -0.4 is 10.1 Å². The van der Waals surface area contributed by atoms with Crippen molar-refractivity contribution in [2.24, 2.45) is 0 Å². The van der Waals surface area contributed by atoms with Crippen molar-refractivity contribution in [3.05, 3.63) is 48.7 Å². The summed E-state index contributed by atoms with van der Waals surface area (Å²) in [7, 11) is 3.52. The van der Waals surface area contributed by atoms with Crippen LogP contribution in [0.2, 0.25) is 0 Å². The molecule has 0 aliphatic carbocycles. The van der Waals surface area contributed by atoms with E-state index in [-0.39, 0.29) is 0 Å². The SMILES string of the molecule is CNc1ccc2ccc(-c3cc(OC)ccn3)cc2n1. The van der Waals surface area contributed by atoms with Crippen molar-refractivity contribution in [2.45, 2.75) is 0 Å². The van der Waals surface area contributed by atoms with Crippen LogP contribution in [-0.2, 0) is 0 Å². The number of methoxy groups -OCH3 is 1. The molecule has 3 aromatic rings. The molecule has 0 spiro atoms. The topological polar surface area (TPSA) is 47.0 Å². The summed E-state index contributed by atoms with van der Waals surface area (Å²) < 4.78 is 5.23. The van der Waals surface area contributed by atoms with Crippen LogP contribution in [-0.4, -0.2) is 24.1 Å². The van der Waals surface area contributed by atoms with E-state index in [1.165, 1.54) is 0 Å². The maximum Gasteiger partial charge on any atom is 0.126 e. The average molecular weight is 265 g/mol. The fraction of sp³-hybridized carbons (Fsp3) is 0.125. The number of rotatable bonds is 3. The van der Waals surface area contributed by atoms with E-state index in [2.05, 4.69) is 27.4 Å². The predicted molar refractivity (Wildman–Crippen MR) is 81.1 cm³/mol. The number of anilines is 1. The zero-order chi connectivity index (χ0) is 13.9. The first-order valence-electron chi connectivity index (χ1n) is 6.39. The van der Waals surface area contributed by atoms with Gasteiger partial charge >= 0.3 is 0 Å². The van der Waals surface area contributed by atoms with Gasteiger partial charge in [-0.1, -0.05) is 12.1 Å². The van der Waals surface area contributed by atoms with Crippen LogP contribution in [0.15, 0.2) is 48.7 Å². The Balaban J connectivity index is 2.11. The predicted octanol–water partition coefficient (Wildman–Crippen LogP) is 3.35. The minimum atomic E-state index is 0.798. The Morgan fingerprint density at radius 2 is 1.90 bits per heavy atom. The minimum Gasteiger partial charge on any atom is -0.497 e. The third-order valence-electron chi connectivity index (χ3n) is 3.21. The molecular weight excluding hydrogens is 250 g/mol. The molecule has 2 heterocycles. The Morgan fingerprint density at radius 3 is 2.70 bits per heavy atom. The Kier molecular flexibility index (Phi) is 3.21. The summed E-state index contributed by atoms with van der Waals surface area (Å²) in [4.78, 5) is 8.94. The van der Waals surface area contributed by atoms with Gasteiger partial charge in [-0.2, -0.15) is 0 Å². The number of hydrogen-bond donors (Lipinski definition) is 1. The van der Waals surface area contributed by atoms with Gasteiger partial charge in [0.15, 0.2) is 0 Å². The fourth-order valence-corrected chi connectivity index (χ4v) is 2.11. The molecule has 0 fully saturated rings. The Labute approximate surface area is 117 Å². The molecule has 20 heavy (non-hydrogen) atoms. The van der Waals surface area contributed by atoms with Crippen LogP contribution in [0, 0.1) is 0 Å². The number of nitrogens with one attached hydrogen (secondary N) is 1. The van der Waals surface area contributed by atoms with Gasteiger partial charge in [0.05, 0.1) is 18.3 Å². The van der Waals surface area contributed by atoms with Gasteiger partial charge in [0, 0.05) is 30.3 Å². The highest BCUT2D eigenvalue weighted by Gasteiger charge is 2.04. The first kappa shape index (κ1) is 12.4. The molecule has 0 radical (unpaired) electrons. The molecule has 0 atom stereocenters. The largest absolute Gasteiger partial charge is 0.497 e. The third kappa shape index (κ3) is 2.28. The molecule has 0 bridgehead atoms. The summed E-state index contributed by atoms with van der Waals surface area (Å²) in [5.41, 5.74) is 2.85. The fourth-order valence-electron chi connectivity index (χ4n) is 2.11. The van der Waals surface area contributed by atoms with Crippen LogP contribution in [0.5, 0.6) is 5.75 Å². The lowest BCUT2D eigenvalue weighted by Crippen LogP contribution is -1.92. The van der Waals surface area contributed by atoms with E-state index >= 15 is 0 Å². The molecule has 0 aliphatic heterocycles. The molecular formula is C16H15N3O. The van der Waals surface area contributed by atoms with Gasteiger partial charge < -0.3 is 10.1 Å². The molecule has 0 aliphatic rings. The van der Waals surface area contributed by atoms with Gasteiger partial charge in [0.2, 0.25) is 0 Å². The first-order chi connectivity index (χ1) is 9.80. The summed E-state index contributed by atoms with van der Waals surface area (Å²) in [6, 6.07) is 13.9. The zero-order valence-corrected chi connectivity index (χ0v) is 11.4. The Hall–Kier alpha value is -2.62. The zero-order valence-electron chi connectivity index (χ0n) is 11.4. The van der Waals surface area contributed by atoms with E-state index in [1.54, 1.807) is 13.3 Å². The minimum absolute atomic E-state index is 0.798. The van der Waals surface area contributed by atoms with Gasteiger partial charge in [-0.05, 0) is 24.3 Å². The molecule has 0 saturated carbocycles. The number of benzene rings is 1. The molecule has 1 aromatic carbocycles. The number of nitrogens with zero attached hydrogens (tertiary/aromatic N) is 2. The maximum atomic E-state index is 5.23. The normalized spacial score (nSPS) is 10.5. The van der Waals surface area contributed by atoms with E-state index < -0.39 is 0 Å². The van der Waals surface area contributed by atoms with Crippen molar-refractivity contribution >= 4 is 16.7 Å². The number of pyridine rings is 2. The molecule has 0 saturated heterocycles. The number of ether oxygens (including phenoxy) is 1. The highest BCUT2D eigenvalue weighted by molar-refractivity contribution is 5.84. The second-order valence-corrected chi connectivity index (χ2v) is 4.43. The van der Waals surface area contributed by atoms with E-state index in [0.29, 0.717) is 0 Å². The van der Waals surface area contributed by atoms with E-state index in [9.17, 15) is 0 Å². The Morgan fingerprint density at radius 1 is 1.05 bits per heavy atom. The summed E-state index contributed by atoms with van der Waals surface area (Å²) in [6.45, 7) is 0. The second kappa shape index (κ2) is 5.17.